The number of imidazole rings is 1. The molecule has 4 aromatic heterocycles. The molecule has 6 aromatic carbocycles. The fourth-order valence-corrected chi connectivity index (χ4v) is 9.66. The number of aromatic nitrogens is 4. The number of halogens is 1. The second kappa shape index (κ2) is 20.1. The Kier molecular flexibility index (Phi) is 11.5. The van der Waals surface area contributed by atoms with Gasteiger partial charge in [0.05, 0.1) is 28.1 Å². The van der Waals surface area contributed by atoms with Crippen molar-refractivity contribution in [2.75, 3.05) is 0 Å². The van der Waals surface area contributed by atoms with Crippen LogP contribution in [-0.2, 0) is 20.1 Å². The molecule has 355 valence electrons. The van der Waals surface area contributed by atoms with E-state index >= 15 is 0 Å². The van der Waals surface area contributed by atoms with Gasteiger partial charge >= 0.3 is 0 Å². The van der Waals surface area contributed by atoms with E-state index < -0.39 is 19.6 Å². The Bertz CT molecular complexity index is 3730. The zero-order valence-electron chi connectivity index (χ0n) is 47.2. The fraction of sp³-hybridized carbons (Fsp3) is 0.254. The molecule has 0 saturated heterocycles. The van der Waals surface area contributed by atoms with Crippen LogP contribution in [0.4, 0.5) is 4.39 Å². The van der Waals surface area contributed by atoms with E-state index in [1.807, 2.05) is 66.7 Å². The summed E-state index contributed by atoms with van der Waals surface area (Å²) in [5, 5.41) is 1.62. The third-order valence-electron chi connectivity index (χ3n) is 13.6. The maximum absolute atomic E-state index is 13.5. The predicted octanol–water partition coefficient (Wildman–Crippen LogP) is 17.4. The first-order valence-corrected chi connectivity index (χ1v) is 23.8. The molecule has 1 aliphatic carbocycles. The van der Waals surface area contributed by atoms with Gasteiger partial charge in [-0.25, -0.2) is 4.98 Å². The Morgan fingerprint density at radius 2 is 1.49 bits per heavy atom. The van der Waals surface area contributed by atoms with Crippen molar-refractivity contribution in [2.45, 2.75) is 98.7 Å². The van der Waals surface area contributed by atoms with Gasteiger partial charge in [0.1, 0.15) is 0 Å². The molecule has 70 heavy (non-hydrogen) atoms. The number of para-hydroxylation sites is 3. The van der Waals surface area contributed by atoms with Crippen LogP contribution in [0.2, 0.25) is 0 Å². The molecule has 5 nitrogen and oxygen atoms in total. The van der Waals surface area contributed by atoms with Crippen LogP contribution in [0.1, 0.15) is 122 Å². The fourth-order valence-electron chi connectivity index (χ4n) is 9.66. The number of hydrogen-bond acceptors (Lipinski definition) is 4. The van der Waals surface area contributed by atoms with Gasteiger partial charge in [0, 0.05) is 58.4 Å². The number of nitrogens with zero attached hydrogens (tertiary/aromatic N) is 4. The molecule has 0 bridgehead atoms. The monoisotopic (exact) mass is 1110 g/mol. The summed E-state index contributed by atoms with van der Waals surface area (Å²) in [5.41, 5.74) is 11.3. The molecule has 7 heteroatoms. The van der Waals surface area contributed by atoms with Crippen molar-refractivity contribution in [1.82, 2.24) is 19.5 Å². The Morgan fingerprint density at radius 3 is 2.20 bits per heavy atom. The molecule has 0 unspecified atom stereocenters. The molecule has 0 atom stereocenters. The third-order valence-corrected chi connectivity index (χ3v) is 13.6. The molecule has 0 amide bonds. The quantitative estimate of drug-likeness (QED) is 0.142. The molecule has 0 spiro atoms. The summed E-state index contributed by atoms with van der Waals surface area (Å²) in [4.78, 5) is 14.2. The van der Waals surface area contributed by atoms with E-state index in [-0.39, 0.29) is 53.6 Å². The largest absolute Gasteiger partial charge is 0.486 e. The Hall–Kier alpha value is -6.53. The third kappa shape index (κ3) is 9.54. The molecular weight excluding hydrogens is 1040 g/mol. The maximum atomic E-state index is 13.5. The number of rotatable bonds is 8. The van der Waals surface area contributed by atoms with E-state index in [1.54, 1.807) is 36.4 Å². The molecule has 1 saturated carbocycles. The first kappa shape index (κ1) is 40.2. The van der Waals surface area contributed by atoms with Crippen molar-refractivity contribution in [3.63, 3.8) is 0 Å². The van der Waals surface area contributed by atoms with E-state index in [0.717, 1.165) is 57.3 Å². The first-order chi connectivity index (χ1) is 36.1. The van der Waals surface area contributed by atoms with Gasteiger partial charge in [-0.3, -0.25) is 9.37 Å². The van der Waals surface area contributed by atoms with Gasteiger partial charge in [0.25, 0.3) is 0 Å². The minimum Gasteiger partial charge on any atom is -0.486 e. The minimum absolute atomic E-state index is 0. The molecule has 1 radical (unpaired) electrons. The summed E-state index contributed by atoms with van der Waals surface area (Å²) in [5.74, 6) is 0.304. The van der Waals surface area contributed by atoms with Crippen molar-refractivity contribution in [3.8, 4) is 50.7 Å². The van der Waals surface area contributed by atoms with E-state index in [0.29, 0.717) is 52.8 Å². The van der Waals surface area contributed by atoms with Gasteiger partial charge in [-0.15, -0.1) is 48.0 Å². The number of furan rings is 1. The van der Waals surface area contributed by atoms with Crippen molar-refractivity contribution in [2.24, 2.45) is 5.41 Å². The van der Waals surface area contributed by atoms with Crippen LogP contribution in [0.3, 0.4) is 0 Å². The first-order valence-electron chi connectivity index (χ1n) is 27.3. The number of benzene rings is 6. The van der Waals surface area contributed by atoms with Crippen LogP contribution in [-0.4, -0.2) is 19.5 Å². The zero-order chi connectivity index (χ0) is 53.9. The smallest absolute Gasteiger partial charge is 0.216 e. The minimum atomic E-state index is -2.57. The average molecular weight is 1110 g/mol. The maximum Gasteiger partial charge on any atom is 0.216 e. The van der Waals surface area contributed by atoms with E-state index in [1.165, 1.54) is 35.1 Å². The normalized spacial score (nSPS) is 16.0. The van der Waals surface area contributed by atoms with Crippen LogP contribution in [0.25, 0.3) is 83.8 Å². The molecule has 0 aliphatic heterocycles. The molecular formula is C63H59FIrN4O-2. The number of hydrogen-bond donors (Lipinski definition) is 0. The van der Waals surface area contributed by atoms with Crippen LogP contribution in [0.5, 0.6) is 0 Å². The Morgan fingerprint density at radius 1 is 0.743 bits per heavy atom. The second-order valence-electron chi connectivity index (χ2n) is 19.5. The van der Waals surface area contributed by atoms with Crippen LogP contribution < -0.4 is 0 Å². The summed E-state index contributed by atoms with van der Waals surface area (Å²) in [6, 6.07) is 49.6. The Labute approximate surface area is 435 Å². The Balaban J connectivity index is 0.000000212. The van der Waals surface area contributed by atoms with Gasteiger partial charge in [0.2, 0.25) is 5.71 Å². The van der Waals surface area contributed by atoms with E-state index in [2.05, 4.69) is 87.5 Å². The molecule has 0 N–H and O–H groups in total. The SMILES string of the molecule is CC(C)c1cccc(C(C)C)c1-n1c(-c2[c-]cc(F)cc2)nc2ccccc21.[2H]C([2H])([2H])c1cnc(-c2[c-]ccc3c2oc2nc(-c4ccccc4)ccc23)cc1-c1ccc(C2([2H])CCC(C)(C)CC2)cc1C([2H])([2H])[2H].[Ir]. The van der Waals surface area contributed by atoms with Gasteiger partial charge < -0.3 is 14.0 Å². The second-order valence-corrected chi connectivity index (χ2v) is 19.5. The van der Waals surface area contributed by atoms with Crippen LogP contribution in [0.15, 0.2) is 150 Å². The topological polar surface area (TPSA) is 56.7 Å². The summed E-state index contributed by atoms with van der Waals surface area (Å²) < 4.78 is 81.7. The van der Waals surface area contributed by atoms with E-state index in [9.17, 15) is 5.76 Å². The van der Waals surface area contributed by atoms with Crippen molar-refractivity contribution < 1.29 is 38.5 Å². The summed E-state index contributed by atoms with van der Waals surface area (Å²) in [6.07, 6.45) is 4.28. The molecule has 10 aromatic rings. The number of fused-ring (bicyclic) bond motifs is 4. The van der Waals surface area contributed by atoms with Gasteiger partial charge in [-0.05, 0) is 131 Å². The predicted molar refractivity (Wildman–Crippen MR) is 282 cm³/mol. The van der Waals surface area contributed by atoms with Gasteiger partial charge in [-0.1, -0.05) is 137 Å². The summed E-state index contributed by atoms with van der Waals surface area (Å²) >= 11 is 0. The van der Waals surface area contributed by atoms with Crippen molar-refractivity contribution >= 4 is 33.1 Å². The van der Waals surface area contributed by atoms with E-state index in [4.69, 9.17) is 22.6 Å². The summed E-state index contributed by atoms with van der Waals surface area (Å²) in [7, 11) is 0. The zero-order valence-corrected chi connectivity index (χ0v) is 42.6. The summed E-state index contributed by atoms with van der Waals surface area (Å²) in [6.45, 7) is 8.13. The number of aryl methyl sites for hydroxylation is 2. The molecule has 4 heterocycles. The average Bonchev–Trinajstić information content (AvgIpc) is 4.13. The standard InChI is InChI=1S/C38H35N2O.C25H24FN2.Ir/c1-24-21-28(26-17-19-38(3,4)20-18-26)13-14-29(24)33-22-35(39-23-25(33)2)32-12-8-11-30-31-15-16-34(27-9-6-5-7-10-27)40-37(31)41-36(30)32;1-16(2)20-8-7-9-21(17(3)4)24(20)28-23-11-6-5-10-22(23)27-25(28)18-12-14-19(26)15-13-18;/h5-11,13-16,21-23,26H,17-20H2,1-4H3;5-12,14-17H,1-4H3;/q2*-1;/i1D3,2D3,26D;;. The van der Waals surface area contributed by atoms with Crippen molar-refractivity contribution in [3.05, 3.63) is 191 Å². The van der Waals surface area contributed by atoms with Gasteiger partial charge in [0.15, 0.2) is 0 Å². The molecule has 1 aliphatic rings. The number of pyridine rings is 2. The molecule has 11 rings (SSSR count). The van der Waals surface area contributed by atoms with Gasteiger partial charge in [-0.2, -0.15) is 0 Å². The van der Waals surface area contributed by atoms with Crippen LogP contribution in [0, 0.1) is 37.1 Å². The van der Waals surface area contributed by atoms with Crippen LogP contribution >= 0.6 is 0 Å². The van der Waals surface area contributed by atoms with Crippen molar-refractivity contribution in [1.29, 1.82) is 0 Å². The molecule has 1 fully saturated rings.